The van der Waals surface area contributed by atoms with Crippen molar-refractivity contribution < 1.29 is 14.3 Å². The molecule has 0 bridgehead atoms. The third kappa shape index (κ3) is 4.51. The van der Waals surface area contributed by atoms with E-state index < -0.39 is 6.09 Å². The second-order valence-corrected chi connectivity index (χ2v) is 9.07. The monoisotopic (exact) mass is 473 g/mol. The number of ether oxygens (including phenoxy) is 2. The van der Waals surface area contributed by atoms with Gasteiger partial charge in [0.25, 0.3) is 0 Å². The van der Waals surface area contributed by atoms with E-state index in [1.165, 1.54) is 0 Å². The summed E-state index contributed by atoms with van der Waals surface area (Å²) >= 11 is 3.69. The van der Waals surface area contributed by atoms with Gasteiger partial charge in [0.15, 0.2) is 0 Å². The molecule has 1 aliphatic rings. The van der Waals surface area contributed by atoms with Crippen LogP contribution in [-0.4, -0.2) is 35.7 Å². The zero-order valence-corrected chi connectivity index (χ0v) is 19.5. The number of hydrogen-bond donors (Lipinski definition) is 1. The van der Waals surface area contributed by atoms with Crippen molar-refractivity contribution in [3.8, 4) is 11.3 Å². The van der Waals surface area contributed by atoms with Gasteiger partial charge in [-0.25, -0.2) is 9.79 Å². The first-order chi connectivity index (χ1) is 14.2. The van der Waals surface area contributed by atoms with Gasteiger partial charge in [-0.2, -0.15) is 0 Å². The van der Waals surface area contributed by atoms with Crippen LogP contribution >= 0.6 is 15.9 Å². The maximum absolute atomic E-state index is 11.3. The zero-order chi connectivity index (χ0) is 21.9. The molecule has 1 aliphatic heterocycles. The highest BCUT2D eigenvalue weighted by Crippen LogP contribution is 2.40. The Hall–Kier alpha value is -2.41. The Bertz CT molecular complexity index is 968. The summed E-state index contributed by atoms with van der Waals surface area (Å²) in [5.41, 5.74) is 8.39. The fourth-order valence-corrected chi connectivity index (χ4v) is 4.32. The number of benzene rings is 1. The molecule has 1 aromatic carbocycles. The average molecular weight is 474 g/mol. The van der Waals surface area contributed by atoms with Crippen LogP contribution in [-0.2, 0) is 14.9 Å². The Balaban J connectivity index is 2.04. The third-order valence-corrected chi connectivity index (χ3v) is 6.26. The molecule has 30 heavy (non-hydrogen) atoms. The lowest BCUT2D eigenvalue weighted by atomic mass is 9.74. The summed E-state index contributed by atoms with van der Waals surface area (Å²) in [6, 6.07) is 10.1. The lowest BCUT2D eigenvalue weighted by Gasteiger charge is -2.33. The minimum Gasteiger partial charge on any atom is -0.475 e. The molecule has 0 fully saturated rings. The van der Waals surface area contributed by atoms with Crippen molar-refractivity contribution in [1.82, 2.24) is 4.98 Å². The second-order valence-electron chi connectivity index (χ2n) is 8.21. The number of aromatic nitrogens is 1. The van der Waals surface area contributed by atoms with Gasteiger partial charge in [0.05, 0.1) is 16.8 Å². The van der Waals surface area contributed by atoms with Crippen LogP contribution in [0.4, 0.5) is 4.79 Å². The maximum Gasteiger partial charge on any atom is 0.404 e. The molecule has 6 nitrogen and oxygen atoms in total. The highest BCUT2D eigenvalue weighted by atomic mass is 79.9. The molecule has 0 atom stereocenters. The number of hydrogen-bond acceptors (Lipinski definition) is 5. The highest BCUT2D eigenvalue weighted by Gasteiger charge is 2.33. The van der Waals surface area contributed by atoms with Gasteiger partial charge in [-0.1, -0.05) is 38.1 Å². The van der Waals surface area contributed by atoms with Gasteiger partial charge in [0.2, 0.25) is 5.90 Å². The van der Waals surface area contributed by atoms with Crippen LogP contribution in [0.1, 0.15) is 51.7 Å². The number of nitrogens with two attached hydrogens (primary N) is 1. The average Bonchev–Trinajstić information content (AvgIpc) is 3.09. The Kier molecular flexibility index (Phi) is 6.50. The fourth-order valence-electron chi connectivity index (χ4n) is 3.76. The van der Waals surface area contributed by atoms with Crippen LogP contribution in [0.3, 0.4) is 0 Å². The summed E-state index contributed by atoms with van der Waals surface area (Å²) in [6.07, 6.45) is 2.62. The van der Waals surface area contributed by atoms with Crippen molar-refractivity contribution in [1.29, 1.82) is 0 Å². The zero-order valence-electron chi connectivity index (χ0n) is 17.9. The summed E-state index contributed by atoms with van der Waals surface area (Å²) in [5.74, 6) is 0.611. The van der Waals surface area contributed by atoms with Crippen molar-refractivity contribution >= 4 is 27.9 Å². The predicted molar refractivity (Wildman–Crippen MR) is 122 cm³/mol. The molecule has 0 saturated carbocycles. The van der Waals surface area contributed by atoms with E-state index in [0.29, 0.717) is 12.5 Å². The van der Waals surface area contributed by atoms with E-state index in [1.807, 2.05) is 38.1 Å². The van der Waals surface area contributed by atoms with Crippen LogP contribution in [0.15, 0.2) is 46.0 Å². The number of primary amides is 1. The van der Waals surface area contributed by atoms with Crippen molar-refractivity contribution in [3.63, 3.8) is 0 Å². The Labute approximate surface area is 186 Å². The molecule has 2 aromatic rings. The Morgan fingerprint density at radius 3 is 2.57 bits per heavy atom. The van der Waals surface area contributed by atoms with Crippen LogP contribution in [0, 0.1) is 0 Å². The van der Waals surface area contributed by atoms with Gasteiger partial charge in [0, 0.05) is 21.6 Å². The van der Waals surface area contributed by atoms with Crippen LogP contribution in [0.2, 0.25) is 0 Å². The van der Waals surface area contributed by atoms with Crippen LogP contribution in [0.25, 0.3) is 11.3 Å². The predicted octanol–water partition coefficient (Wildman–Crippen LogP) is 5.22. The lowest BCUT2D eigenvalue weighted by Crippen LogP contribution is -2.33. The van der Waals surface area contributed by atoms with Crippen LogP contribution < -0.4 is 5.73 Å². The van der Waals surface area contributed by atoms with E-state index in [-0.39, 0.29) is 17.6 Å². The lowest BCUT2D eigenvalue weighted by molar-refractivity contribution is 0.119. The number of amides is 1. The first kappa shape index (κ1) is 22.3. The minimum absolute atomic E-state index is 0.224. The SMILES string of the molecule is CCC(CC)(COC(N)=O)c1ccccc1-c1ncc(C2=NC(C)(C)CO2)cc1Br. The van der Waals surface area contributed by atoms with E-state index in [4.69, 9.17) is 20.2 Å². The summed E-state index contributed by atoms with van der Waals surface area (Å²) in [4.78, 5) is 20.7. The van der Waals surface area contributed by atoms with Gasteiger partial charge in [-0.3, -0.25) is 4.98 Å². The van der Waals surface area contributed by atoms with Crippen LogP contribution in [0.5, 0.6) is 0 Å². The van der Waals surface area contributed by atoms with Crippen molar-refractivity contribution in [2.45, 2.75) is 51.5 Å². The summed E-state index contributed by atoms with van der Waals surface area (Å²) in [6.45, 7) is 9.04. The van der Waals surface area contributed by atoms with Gasteiger partial charge in [0.1, 0.15) is 13.2 Å². The van der Waals surface area contributed by atoms with Crippen molar-refractivity contribution in [2.75, 3.05) is 13.2 Å². The van der Waals surface area contributed by atoms with Gasteiger partial charge < -0.3 is 15.2 Å². The molecule has 0 saturated heterocycles. The second kappa shape index (κ2) is 8.76. The highest BCUT2D eigenvalue weighted by molar-refractivity contribution is 9.10. The van der Waals surface area contributed by atoms with E-state index in [2.05, 4.69) is 40.8 Å². The third-order valence-electron chi connectivity index (χ3n) is 5.65. The van der Waals surface area contributed by atoms with E-state index >= 15 is 0 Å². The molecule has 0 aliphatic carbocycles. The van der Waals surface area contributed by atoms with Gasteiger partial charge in [-0.05, 0) is 54.2 Å². The molecule has 0 unspecified atom stereocenters. The number of aliphatic imine (C=N–C) groups is 1. The molecular weight excluding hydrogens is 446 g/mol. The normalized spacial score (nSPS) is 15.4. The minimum atomic E-state index is -0.761. The maximum atomic E-state index is 11.3. The number of halogens is 1. The van der Waals surface area contributed by atoms with E-state index in [9.17, 15) is 4.79 Å². The first-order valence-electron chi connectivity index (χ1n) is 10.1. The number of nitrogens with zero attached hydrogens (tertiary/aromatic N) is 2. The Morgan fingerprint density at radius 2 is 2.00 bits per heavy atom. The van der Waals surface area contributed by atoms with Crippen molar-refractivity contribution in [3.05, 3.63) is 52.1 Å². The van der Waals surface area contributed by atoms with E-state index in [0.717, 1.165) is 39.7 Å². The molecular formula is C23H28BrN3O3. The molecule has 0 radical (unpaired) electrons. The van der Waals surface area contributed by atoms with E-state index in [1.54, 1.807) is 6.20 Å². The van der Waals surface area contributed by atoms with Gasteiger partial charge in [-0.15, -0.1) is 0 Å². The molecule has 160 valence electrons. The largest absolute Gasteiger partial charge is 0.475 e. The molecule has 2 N–H and O–H groups in total. The number of pyridine rings is 1. The van der Waals surface area contributed by atoms with Gasteiger partial charge >= 0.3 is 6.09 Å². The standard InChI is InChI=1S/C23H28BrN3O3/c1-5-23(6-2,14-30-21(25)28)17-10-8-7-9-16(17)19-18(24)11-15(12-26-19)20-27-22(3,4)13-29-20/h7-12H,5-6,13-14H2,1-4H3,(H2,25,28). The number of rotatable bonds is 7. The molecule has 7 heteroatoms. The van der Waals surface area contributed by atoms with Crippen molar-refractivity contribution in [2.24, 2.45) is 10.7 Å². The number of carbonyl (C=O) groups excluding carboxylic acids is 1. The molecule has 0 spiro atoms. The summed E-state index contributed by atoms with van der Waals surface area (Å²) in [7, 11) is 0. The fraction of sp³-hybridized carbons (Fsp3) is 0.435. The topological polar surface area (TPSA) is 86.8 Å². The molecule has 3 rings (SSSR count). The molecule has 1 amide bonds. The quantitative estimate of drug-likeness (QED) is 0.596. The summed E-state index contributed by atoms with van der Waals surface area (Å²) in [5, 5.41) is 0. The number of carbonyl (C=O) groups is 1. The first-order valence-corrected chi connectivity index (χ1v) is 10.9. The summed E-state index contributed by atoms with van der Waals surface area (Å²) < 4.78 is 11.8. The smallest absolute Gasteiger partial charge is 0.404 e. The molecule has 2 heterocycles. The Morgan fingerprint density at radius 1 is 1.30 bits per heavy atom. The molecule has 1 aromatic heterocycles.